The van der Waals surface area contributed by atoms with Crippen LogP contribution in [0.3, 0.4) is 0 Å². The van der Waals surface area contributed by atoms with Crippen LogP contribution in [0.1, 0.15) is 43.6 Å². The van der Waals surface area contributed by atoms with E-state index in [0.717, 1.165) is 37.6 Å². The van der Waals surface area contributed by atoms with Crippen LogP contribution in [0, 0.1) is 5.92 Å². The number of halogens is 1. The van der Waals surface area contributed by atoms with Crippen LogP contribution in [0.15, 0.2) is 30.3 Å². The van der Waals surface area contributed by atoms with Crippen molar-refractivity contribution < 1.29 is 4.74 Å². The summed E-state index contributed by atoms with van der Waals surface area (Å²) in [5, 5.41) is 7.64. The molecule has 1 aromatic carbocycles. The van der Waals surface area contributed by atoms with Crippen molar-refractivity contribution in [1.29, 1.82) is 0 Å². The van der Waals surface area contributed by atoms with Crippen LogP contribution >= 0.6 is 12.4 Å². The zero-order valence-corrected chi connectivity index (χ0v) is 14.6. The van der Waals surface area contributed by atoms with Gasteiger partial charge in [0.2, 0.25) is 0 Å². The summed E-state index contributed by atoms with van der Waals surface area (Å²) in [5.41, 5.74) is 1.52. The van der Waals surface area contributed by atoms with E-state index in [2.05, 4.69) is 41.0 Å². The predicted molar refractivity (Wildman–Crippen MR) is 96.3 cm³/mol. The average molecular weight is 337 g/mol. The molecule has 2 saturated carbocycles. The maximum Gasteiger partial charge on any atom is 0.0623 e. The van der Waals surface area contributed by atoms with E-state index < -0.39 is 0 Å². The van der Waals surface area contributed by atoms with Crippen molar-refractivity contribution in [2.75, 3.05) is 19.8 Å². The third-order valence-electron chi connectivity index (χ3n) is 5.90. The van der Waals surface area contributed by atoms with E-state index in [-0.39, 0.29) is 12.4 Å². The molecule has 3 fully saturated rings. The Morgan fingerprint density at radius 1 is 1.09 bits per heavy atom. The van der Waals surface area contributed by atoms with Gasteiger partial charge in [0.05, 0.1) is 13.2 Å². The Hall–Kier alpha value is -0.610. The summed E-state index contributed by atoms with van der Waals surface area (Å²) in [5.74, 6) is 1.53. The summed E-state index contributed by atoms with van der Waals surface area (Å²) < 4.78 is 5.67. The number of hydrogen-bond acceptors (Lipinski definition) is 3. The molecule has 3 unspecified atom stereocenters. The van der Waals surface area contributed by atoms with Crippen molar-refractivity contribution in [2.45, 2.75) is 56.1 Å². The average Bonchev–Trinajstić information content (AvgIpc) is 3.00. The standard InChI is InChI=1S/C19H28N2O.ClH/c1-2-5-14(6-3-1)15-11-16(12-15)21-18-8-4-7-17(18)19-13-22-10-9-20-19;/h1-3,5-6,15-21H,4,7-13H2;1H. The highest BCUT2D eigenvalue weighted by Gasteiger charge is 2.38. The third kappa shape index (κ3) is 3.90. The number of hydrogen-bond donors (Lipinski definition) is 2. The van der Waals surface area contributed by atoms with E-state index in [0.29, 0.717) is 12.1 Å². The monoisotopic (exact) mass is 336 g/mol. The lowest BCUT2D eigenvalue weighted by atomic mass is 9.75. The van der Waals surface area contributed by atoms with Crippen LogP contribution in [-0.4, -0.2) is 37.9 Å². The molecule has 2 N–H and O–H groups in total. The fourth-order valence-electron chi connectivity index (χ4n) is 4.59. The van der Waals surface area contributed by atoms with Crippen LogP contribution in [0.2, 0.25) is 0 Å². The molecule has 3 aliphatic rings. The van der Waals surface area contributed by atoms with Gasteiger partial charge in [0.1, 0.15) is 0 Å². The summed E-state index contributed by atoms with van der Waals surface area (Å²) in [7, 11) is 0. The summed E-state index contributed by atoms with van der Waals surface area (Å²) in [4.78, 5) is 0. The van der Waals surface area contributed by atoms with Gasteiger partial charge in [0.15, 0.2) is 0 Å². The van der Waals surface area contributed by atoms with E-state index >= 15 is 0 Å². The quantitative estimate of drug-likeness (QED) is 0.886. The Labute approximate surface area is 146 Å². The second-order valence-electron chi connectivity index (χ2n) is 7.28. The van der Waals surface area contributed by atoms with Gasteiger partial charge in [0, 0.05) is 24.7 Å². The first-order valence-corrected chi connectivity index (χ1v) is 9.02. The van der Waals surface area contributed by atoms with Crippen molar-refractivity contribution in [1.82, 2.24) is 10.6 Å². The van der Waals surface area contributed by atoms with Crippen molar-refractivity contribution in [3.63, 3.8) is 0 Å². The number of benzene rings is 1. The lowest BCUT2D eigenvalue weighted by molar-refractivity contribution is 0.0503. The molecule has 4 heteroatoms. The summed E-state index contributed by atoms with van der Waals surface area (Å²) in [6.45, 7) is 2.80. The smallest absolute Gasteiger partial charge is 0.0623 e. The molecule has 4 rings (SSSR count). The van der Waals surface area contributed by atoms with Gasteiger partial charge in [0.25, 0.3) is 0 Å². The summed E-state index contributed by atoms with van der Waals surface area (Å²) in [6.07, 6.45) is 6.68. The lowest BCUT2D eigenvalue weighted by Crippen LogP contribution is -2.54. The molecule has 1 saturated heterocycles. The molecule has 0 radical (unpaired) electrons. The summed E-state index contributed by atoms with van der Waals surface area (Å²) >= 11 is 0. The molecular formula is C19H29ClN2O. The van der Waals surface area contributed by atoms with E-state index in [4.69, 9.17) is 4.74 Å². The molecule has 0 spiro atoms. The Balaban J connectivity index is 0.00000156. The maximum atomic E-state index is 5.67. The van der Waals surface area contributed by atoms with Crippen molar-refractivity contribution >= 4 is 12.4 Å². The third-order valence-corrected chi connectivity index (χ3v) is 5.90. The van der Waals surface area contributed by atoms with Gasteiger partial charge in [-0.15, -0.1) is 12.4 Å². The minimum absolute atomic E-state index is 0. The highest BCUT2D eigenvalue weighted by Crippen LogP contribution is 2.39. The van der Waals surface area contributed by atoms with Crippen LogP contribution < -0.4 is 10.6 Å². The maximum absolute atomic E-state index is 5.67. The van der Waals surface area contributed by atoms with E-state index in [1.165, 1.54) is 37.7 Å². The lowest BCUT2D eigenvalue weighted by Gasteiger charge is -2.41. The highest BCUT2D eigenvalue weighted by molar-refractivity contribution is 5.85. The topological polar surface area (TPSA) is 33.3 Å². The first-order valence-electron chi connectivity index (χ1n) is 9.02. The van der Waals surface area contributed by atoms with Crippen LogP contribution in [-0.2, 0) is 4.74 Å². The molecule has 0 bridgehead atoms. The molecule has 1 aliphatic heterocycles. The van der Waals surface area contributed by atoms with Gasteiger partial charge in [-0.3, -0.25) is 0 Å². The minimum Gasteiger partial charge on any atom is -0.379 e. The van der Waals surface area contributed by atoms with Crippen LogP contribution in [0.5, 0.6) is 0 Å². The molecule has 128 valence electrons. The van der Waals surface area contributed by atoms with Crippen LogP contribution in [0.4, 0.5) is 0 Å². The fraction of sp³-hybridized carbons (Fsp3) is 0.684. The predicted octanol–water partition coefficient (Wildman–Crippen LogP) is 3.10. The molecular weight excluding hydrogens is 308 g/mol. The Kier molecular flexibility index (Phi) is 5.97. The SMILES string of the molecule is Cl.c1ccc(C2CC(NC3CCCC3C3COCCN3)C2)cc1. The molecule has 2 aliphatic carbocycles. The highest BCUT2D eigenvalue weighted by atomic mass is 35.5. The zero-order valence-electron chi connectivity index (χ0n) is 13.7. The number of morpholine rings is 1. The van der Waals surface area contributed by atoms with E-state index in [9.17, 15) is 0 Å². The van der Waals surface area contributed by atoms with Gasteiger partial charge in [-0.05, 0) is 43.1 Å². The molecule has 0 amide bonds. The molecule has 3 atom stereocenters. The fourth-order valence-corrected chi connectivity index (χ4v) is 4.59. The molecule has 1 heterocycles. The normalized spacial score (nSPS) is 37.0. The van der Waals surface area contributed by atoms with E-state index in [1.54, 1.807) is 0 Å². The second-order valence-corrected chi connectivity index (χ2v) is 7.28. The minimum atomic E-state index is 0. The van der Waals surface area contributed by atoms with Crippen molar-refractivity contribution in [3.05, 3.63) is 35.9 Å². The Bertz CT molecular complexity index is 472. The van der Waals surface area contributed by atoms with Crippen molar-refractivity contribution in [3.8, 4) is 0 Å². The first kappa shape index (κ1) is 17.2. The Morgan fingerprint density at radius 2 is 1.91 bits per heavy atom. The van der Waals surface area contributed by atoms with Crippen molar-refractivity contribution in [2.24, 2.45) is 5.92 Å². The zero-order chi connectivity index (χ0) is 14.8. The molecule has 23 heavy (non-hydrogen) atoms. The number of nitrogens with one attached hydrogen (secondary N) is 2. The summed E-state index contributed by atoms with van der Waals surface area (Å²) in [6, 6.07) is 13.0. The molecule has 0 aromatic heterocycles. The van der Waals surface area contributed by atoms with Gasteiger partial charge in [-0.25, -0.2) is 0 Å². The van der Waals surface area contributed by atoms with Gasteiger partial charge < -0.3 is 15.4 Å². The number of ether oxygens (including phenoxy) is 1. The molecule has 3 nitrogen and oxygen atoms in total. The molecule has 1 aromatic rings. The Morgan fingerprint density at radius 3 is 2.65 bits per heavy atom. The second kappa shape index (κ2) is 7.98. The largest absolute Gasteiger partial charge is 0.379 e. The number of rotatable bonds is 4. The van der Waals surface area contributed by atoms with E-state index in [1.807, 2.05) is 0 Å². The van der Waals surface area contributed by atoms with Gasteiger partial charge in [-0.1, -0.05) is 36.8 Å². The van der Waals surface area contributed by atoms with Crippen LogP contribution in [0.25, 0.3) is 0 Å². The van der Waals surface area contributed by atoms with Gasteiger partial charge >= 0.3 is 0 Å². The van der Waals surface area contributed by atoms with Gasteiger partial charge in [-0.2, -0.15) is 0 Å². The first-order chi connectivity index (χ1) is 10.9.